The first kappa shape index (κ1) is 16.8. The van der Waals surface area contributed by atoms with Crippen molar-refractivity contribution in [2.75, 3.05) is 26.8 Å². The Morgan fingerprint density at radius 3 is 2.95 bits per heavy atom. The first-order valence-electron chi connectivity index (χ1n) is 6.82. The molecule has 5 heteroatoms. The first-order valence-corrected chi connectivity index (χ1v) is 6.82. The molecule has 20 heavy (non-hydrogen) atoms. The number of carbonyl (C=O) groups excluding carboxylic acids is 1. The van der Waals surface area contributed by atoms with Crippen molar-refractivity contribution >= 4 is 18.2 Å². The molecule has 0 spiro atoms. The quantitative estimate of drug-likeness (QED) is 0.821. The van der Waals surface area contributed by atoms with Crippen LogP contribution in [0.1, 0.15) is 30.1 Å². The molecule has 0 bridgehead atoms. The highest BCUT2D eigenvalue weighted by molar-refractivity contribution is 6.01. The number of hydrogen-bond acceptors (Lipinski definition) is 4. The van der Waals surface area contributed by atoms with Crippen LogP contribution in [-0.4, -0.2) is 32.6 Å². The Labute approximate surface area is 126 Å². The van der Waals surface area contributed by atoms with Crippen molar-refractivity contribution in [3.8, 4) is 11.5 Å². The number of methoxy groups -OCH3 is 1. The van der Waals surface area contributed by atoms with Gasteiger partial charge in [0.2, 0.25) is 0 Å². The van der Waals surface area contributed by atoms with Gasteiger partial charge in [-0.1, -0.05) is 13.3 Å². The predicted molar refractivity (Wildman–Crippen MR) is 81.3 cm³/mol. The lowest BCUT2D eigenvalue weighted by Gasteiger charge is -2.24. The van der Waals surface area contributed by atoms with Crippen LogP contribution >= 0.6 is 12.4 Å². The van der Waals surface area contributed by atoms with Gasteiger partial charge in [0.15, 0.2) is 5.78 Å². The number of hydrogen-bond donors (Lipinski definition) is 1. The van der Waals surface area contributed by atoms with Crippen LogP contribution in [0.3, 0.4) is 0 Å². The van der Waals surface area contributed by atoms with Gasteiger partial charge in [0, 0.05) is 6.54 Å². The molecule has 1 heterocycles. The van der Waals surface area contributed by atoms with Gasteiger partial charge in [-0.25, -0.2) is 0 Å². The second-order valence-electron chi connectivity index (χ2n) is 4.79. The van der Waals surface area contributed by atoms with E-state index in [4.69, 9.17) is 9.47 Å². The Bertz CT molecular complexity index is 451. The summed E-state index contributed by atoms with van der Waals surface area (Å²) in [7, 11) is 1.60. The zero-order valence-electron chi connectivity index (χ0n) is 12.0. The van der Waals surface area contributed by atoms with Crippen LogP contribution in [-0.2, 0) is 0 Å². The van der Waals surface area contributed by atoms with Crippen molar-refractivity contribution in [3.63, 3.8) is 0 Å². The van der Waals surface area contributed by atoms with Crippen molar-refractivity contribution in [3.05, 3.63) is 23.8 Å². The Morgan fingerprint density at radius 1 is 1.45 bits per heavy atom. The van der Waals surface area contributed by atoms with Crippen LogP contribution in [0.5, 0.6) is 11.5 Å². The normalized spacial score (nSPS) is 16.9. The van der Waals surface area contributed by atoms with Crippen molar-refractivity contribution in [2.24, 2.45) is 5.92 Å². The van der Waals surface area contributed by atoms with Crippen LogP contribution < -0.4 is 14.8 Å². The van der Waals surface area contributed by atoms with Crippen LogP contribution in [0, 0.1) is 5.92 Å². The maximum Gasteiger partial charge on any atom is 0.174 e. The summed E-state index contributed by atoms with van der Waals surface area (Å²) in [6.07, 6.45) is 2.29. The molecule has 4 nitrogen and oxygen atoms in total. The maximum atomic E-state index is 12.4. The van der Waals surface area contributed by atoms with E-state index in [2.05, 4.69) is 12.2 Å². The summed E-state index contributed by atoms with van der Waals surface area (Å²) in [5.41, 5.74) is 0.632. The van der Waals surface area contributed by atoms with Gasteiger partial charge < -0.3 is 14.8 Å². The monoisotopic (exact) mass is 299 g/mol. The van der Waals surface area contributed by atoms with Gasteiger partial charge in [-0.15, -0.1) is 12.4 Å². The summed E-state index contributed by atoms with van der Waals surface area (Å²) in [6, 6.07) is 5.37. The number of ketones is 1. The molecule has 0 fully saturated rings. The molecule has 0 amide bonds. The first-order chi connectivity index (χ1) is 9.26. The Hall–Kier alpha value is -1.26. The number of unbranched alkanes of at least 4 members (excludes halogenated alkanes) is 1. The van der Waals surface area contributed by atoms with Gasteiger partial charge >= 0.3 is 0 Å². The average molecular weight is 300 g/mol. The summed E-state index contributed by atoms with van der Waals surface area (Å²) >= 11 is 0. The number of benzene rings is 1. The predicted octanol–water partition coefficient (Wildman–Crippen LogP) is 2.70. The minimum atomic E-state index is -0.100. The molecule has 1 aromatic carbocycles. The largest absolute Gasteiger partial charge is 0.497 e. The second kappa shape index (κ2) is 8.12. The number of halogens is 1. The molecule has 1 aliphatic heterocycles. The van der Waals surface area contributed by atoms with Gasteiger partial charge in [-0.05, 0) is 31.2 Å². The van der Waals surface area contributed by atoms with E-state index in [0.29, 0.717) is 30.2 Å². The fourth-order valence-corrected chi connectivity index (χ4v) is 2.17. The van der Waals surface area contributed by atoms with E-state index in [1.54, 1.807) is 19.2 Å². The summed E-state index contributed by atoms with van der Waals surface area (Å²) in [5, 5.41) is 3.31. The lowest BCUT2D eigenvalue weighted by molar-refractivity contribution is 0.0829. The minimum absolute atomic E-state index is 0. The van der Waals surface area contributed by atoms with Crippen molar-refractivity contribution < 1.29 is 14.3 Å². The van der Waals surface area contributed by atoms with Gasteiger partial charge in [-0.2, -0.15) is 0 Å². The molecule has 1 aliphatic rings. The van der Waals surface area contributed by atoms with E-state index in [1.165, 1.54) is 0 Å². The standard InChI is InChI=1S/C15H21NO3.ClH/c1-3-4-7-16-9-11-10-19-14-6-5-12(18-2)8-13(14)15(11)17;/h5-6,8,11,16H,3-4,7,9-10H2,1-2H3;1H. The maximum absolute atomic E-state index is 12.4. The molecular formula is C15H22ClNO3. The SMILES string of the molecule is CCCCNCC1COc2ccc(OC)cc2C1=O.Cl. The summed E-state index contributed by atoms with van der Waals surface area (Å²) in [6.45, 7) is 4.23. The minimum Gasteiger partial charge on any atom is -0.497 e. The molecule has 1 N–H and O–H groups in total. The molecule has 0 saturated heterocycles. The summed E-state index contributed by atoms with van der Waals surface area (Å²) < 4.78 is 10.8. The molecule has 112 valence electrons. The zero-order valence-corrected chi connectivity index (χ0v) is 12.8. The number of ether oxygens (including phenoxy) is 2. The third-order valence-corrected chi connectivity index (χ3v) is 3.36. The van der Waals surface area contributed by atoms with E-state index < -0.39 is 0 Å². The Balaban J connectivity index is 0.00000200. The fourth-order valence-electron chi connectivity index (χ4n) is 2.17. The van der Waals surface area contributed by atoms with Crippen LogP contribution in [0.4, 0.5) is 0 Å². The van der Waals surface area contributed by atoms with Crippen molar-refractivity contribution in [1.29, 1.82) is 0 Å². The smallest absolute Gasteiger partial charge is 0.174 e. The van der Waals surface area contributed by atoms with Crippen LogP contribution in [0.2, 0.25) is 0 Å². The molecule has 2 rings (SSSR count). The molecule has 0 saturated carbocycles. The van der Waals surface area contributed by atoms with E-state index in [1.807, 2.05) is 6.07 Å². The highest BCUT2D eigenvalue weighted by Gasteiger charge is 2.28. The molecular weight excluding hydrogens is 278 g/mol. The van der Waals surface area contributed by atoms with Gasteiger partial charge in [-0.3, -0.25) is 4.79 Å². The third-order valence-electron chi connectivity index (χ3n) is 3.36. The van der Waals surface area contributed by atoms with Crippen LogP contribution in [0.15, 0.2) is 18.2 Å². The number of fused-ring (bicyclic) bond motifs is 1. The lowest BCUT2D eigenvalue weighted by Crippen LogP contribution is -2.36. The number of carbonyl (C=O) groups is 1. The number of rotatable bonds is 6. The van der Waals surface area contributed by atoms with Crippen molar-refractivity contribution in [2.45, 2.75) is 19.8 Å². The zero-order chi connectivity index (χ0) is 13.7. The van der Waals surface area contributed by atoms with Gasteiger partial charge in [0.25, 0.3) is 0 Å². The van der Waals surface area contributed by atoms with E-state index in [-0.39, 0.29) is 24.1 Å². The molecule has 0 radical (unpaired) electrons. The van der Waals surface area contributed by atoms with Crippen LogP contribution in [0.25, 0.3) is 0 Å². The average Bonchev–Trinajstić information content (AvgIpc) is 2.45. The Morgan fingerprint density at radius 2 is 2.25 bits per heavy atom. The van der Waals surface area contributed by atoms with Gasteiger partial charge in [0.1, 0.15) is 11.5 Å². The summed E-state index contributed by atoms with van der Waals surface area (Å²) in [5.74, 6) is 1.39. The topological polar surface area (TPSA) is 47.6 Å². The highest BCUT2D eigenvalue weighted by Crippen LogP contribution is 2.30. The number of Topliss-reactive ketones (excluding diaryl/α,β-unsaturated/α-hetero) is 1. The molecule has 0 aliphatic carbocycles. The lowest BCUT2D eigenvalue weighted by atomic mass is 9.95. The fraction of sp³-hybridized carbons (Fsp3) is 0.533. The molecule has 1 unspecified atom stereocenters. The molecule has 1 atom stereocenters. The van der Waals surface area contributed by atoms with Crippen molar-refractivity contribution in [1.82, 2.24) is 5.32 Å². The molecule has 1 aromatic rings. The number of nitrogens with one attached hydrogen (secondary N) is 1. The molecule has 0 aromatic heterocycles. The highest BCUT2D eigenvalue weighted by atomic mass is 35.5. The summed E-state index contributed by atoms with van der Waals surface area (Å²) in [4.78, 5) is 12.4. The van der Waals surface area contributed by atoms with E-state index in [9.17, 15) is 4.79 Å². The van der Waals surface area contributed by atoms with Gasteiger partial charge in [0.05, 0.1) is 25.2 Å². The van der Waals surface area contributed by atoms with E-state index in [0.717, 1.165) is 19.4 Å². The Kier molecular flexibility index (Phi) is 6.82. The van der Waals surface area contributed by atoms with E-state index >= 15 is 0 Å². The third kappa shape index (κ3) is 3.87. The second-order valence-corrected chi connectivity index (χ2v) is 4.79.